The summed E-state index contributed by atoms with van der Waals surface area (Å²) in [5.41, 5.74) is 3.87. The third-order valence-corrected chi connectivity index (χ3v) is 4.42. The first kappa shape index (κ1) is 19.4. The molecule has 1 aromatic heterocycles. The number of hydrogen-bond acceptors (Lipinski definition) is 4. The van der Waals surface area contributed by atoms with Gasteiger partial charge in [-0.05, 0) is 53.4 Å². The maximum atomic E-state index is 12.2. The minimum atomic E-state index is -0.0862. The normalized spacial score (nSPS) is 10.6. The first-order chi connectivity index (χ1) is 13.5. The molecule has 5 heteroatoms. The lowest BCUT2D eigenvalue weighted by Crippen LogP contribution is -2.14. The van der Waals surface area contributed by atoms with E-state index < -0.39 is 0 Å². The van der Waals surface area contributed by atoms with Gasteiger partial charge in [-0.15, -0.1) is 0 Å². The molecule has 2 N–H and O–H groups in total. The van der Waals surface area contributed by atoms with Gasteiger partial charge in [-0.1, -0.05) is 38.1 Å². The first-order valence-corrected chi connectivity index (χ1v) is 9.29. The summed E-state index contributed by atoms with van der Waals surface area (Å²) in [4.78, 5) is 16.6. The van der Waals surface area contributed by atoms with Crippen molar-refractivity contribution in [2.24, 2.45) is 0 Å². The highest BCUT2D eigenvalue weighted by molar-refractivity contribution is 5.92. The van der Waals surface area contributed by atoms with E-state index in [0.717, 1.165) is 22.8 Å². The van der Waals surface area contributed by atoms with Crippen LogP contribution in [0.4, 0.5) is 17.2 Å². The number of nitrogens with one attached hydrogen (secondary N) is 2. The predicted octanol–water partition coefficient (Wildman–Crippen LogP) is 5.14. The largest absolute Gasteiger partial charge is 0.497 e. The van der Waals surface area contributed by atoms with Crippen LogP contribution in [0.2, 0.25) is 0 Å². The Balaban J connectivity index is 1.55. The number of carbonyl (C=O) groups is 1. The molecular weight excluding hydrogens is 350 g/mol. The SMILES string of the molecule is COc1ccc(CC(=O)Nc2ccc(Nc3ccc(C(C)C)cc3)nc2)cc1. The van der Waals surface area contributed by atoms with E-state index in [2.05, 4.69) is 41.6 Å². The van der Waals surface area contributed by atoms with Gasteiger partial charge in [0.1, 0.15) is 11.6 Å². The van der Waals surface area contributed by atoms with Crippen molar-refractivity contribution in [3.63, 3.8) is 0 Å². The zero-order valence-corrected chi connectivity index (χ0v) is 16.4. The second kappa shape index (κ2) is 9.04. The van der Waals surface area contributed by atoms with E-state index in [-0.39, 0.29) is 5.91 Å². The fourth-order valence-electron chi connectivity index (χ4n) is 2.77. The molecule has 0 aliphatic rings. The first-order valence-electron chi connectivity index (χ1n) is 9.29. The highest BCUT2D eigenvalue weighted by atomic mass is 16.5. The number of anilines is 3. The minimum Gasteiger partial charge on any atom is -0.497 e. The Hall–Kier alpha value is -3.34. The van der Waals surface area contributed by atoms with Gasteiger partial charge in [-0.3, -0.25) is 4.79 Å². The van der Waals surface area contributed by atoms with Crippen molar-refractivity contribution in [3.05, 3.63) is 78.0 Å². The maximum absolute atomic E-state index is 12.2. The molecule has 3 rings (SSSR count). The van der Waals surface area contributed by atoms with Crippen LogP contribution < -0.4 is 15.4 Å². The van der Waals surface area contributed by atoms with Crippen LogP contribution in [0.1, 0.15) is 30.9 Å². The van der Waals surface area contributed by atoms with Crippen LogP contribution in [-0.2, 0) is 11.2 Å². The number of rotatable bonds is 7. The van der Waals surface area contributed by atoms with Gasteiger partial charge < -0.3 is 15.4 Å². The highest BCUT2D eigenvalue weighted by Crippen LogP contribution is 2.20. The summed E-state index contributed by atoms with van der Waals surface area (Å²) >= 11 is 0. The van der Waals surface area contributed by atoms with Gasteiger partial charge >= 0.3 is 0 Å². The third-order valence-electron chi connectivity index (χ3n) is 4.42. The molecule has 5 nitrogen and oxygen atoms in total. The number of benzene rings is 2. The van der Waals surface area contributed by atoms with Crippen molar-refractivity contribution in [2.75, 3.05) is 17.7 Å². The molecule has 0 spiro atoms. The number of ether oxygens (including phenoxy) is 1. The van der Waals surface area contributed by atoms with Crippen molar-refractivity contribution >= 4 is 23.1 Å². The summed E-state index contributed by atoms with van der Waals surface area (Å²) < 4.78 is 5.12. The smallest absolute Gasteiger partial charge is 0.228 e. The third kappa shape index (κ3) is 5.33. The molecule has 0 atom stereocenters. The topological polar surface area (TPSA) is 63.2 Å². The number of nitrogens with zero attached hydrogens (tertiary/aromatic N) is 1. The fourth-order valence-corrected chi connectivity index (χ4v) is 2.77. The lowest BCUT2D eigenvalue weighted by Gasteiger charge is -2.10. The van der Waals surface area contributed by atoms with E-state index in [1.54, 1.807) is 13.3 Å². The molecule has 144 valence electrons. The Bertz CT molecular complexity index is 902. The molecule has 1 heterocycles. The zero-order valence-electron chi connectivity index (χ0n) is 16.4. The van der Waals surface area contributed by atoms with Gasteiger partial charge in [0, 0.05) is 5.69 Å². The summed E-state index contributed by atoms with van der Waals surface area (Å²) in [7, 11) is 1.62. The predicted molar refractivity (Wildman–Crippen MR) is 113 cm³/mol. The summed E-state index contributed by atoms with van der Waals surface area (Å²) in [5, 5.41) is 6.14. The van der Waals surface area contributed by atoms with Gasteiger partial charge in [0.05, 0.1) is 25.4 Å². The summed E-state index contributed by atoms with van der Waals surface area (Å²) in [6.07, 6.45) is 1.95. The Kier molecular flexibility index (Phi) is 6.27. The van der Waals surface area contributed by atoms with Crippen LogP contribution in [0, 0.1) is 0 Å². The minimum absolute atomic E-state index is 0.0862. The van der Waals surface area contributed by atoms with Crippen LogP contribution in [0.3, 0.4) is 0 Å². The molecule has 28 heavy (non-hydrogen) atoms. The van der Waals surface area contributed by atoms with E-state index in [0.29, 0.717) is 18.0 Å². The van der Waals surface area contributed by atoms with Crippen molar-refractivity contribution in [1.29, 1.82) is 0 Å². The molecule has 0 saturated heterocycles. The van der Waals surface area contributed by atoms with Crippen molar-refractivity contribution in [1.82, 2.24) is 4.98 Å². The van der Waals surface area contributed by atoms with Crippen LogP contribution in [-0.4, -0.2) is 18.0 Å². The maximum Gasteiger partial charge on any atom is 0.228 e. The van der Waals surface area contributed by atoms with Crippen LogP contribution >= 0.6 is 0 Å². The molecule has 0 unspecified atom stereocenters. The van der Waals surface area contributed by atoms with E-state index in [9.17, 15) is 4.79 Å². The van der Waals surface area contributed by atoms with Gasteiger partial charge in [0.15, 0.2) is 0 Å². The second-order valence-corrected chi connectivity index (χ2v) is 6.91. The standard InChI is InChI=1S/C23H25N3O2/c1-16(2)18-6-8-19(9-7-18)25-22-13-10-20(15-24-22)26-23(27)14-17-4-11-21(28-3)12-5-17/h4-13,15-16H,14H2,1-3H3,(H,24,25)(H,26,27). The Morgan fingerprint density at radius 2 is 1.64 bits per heavy atom. The average Bonchev–Trinajstić information content (AvgIpc) is 2.70. The van der Waals surface area contributed by atoms with E-state index in [1.807, 2.05) is 48.5 Å². The van der Waals surface area contributed by atoms with Gasteiger partial charge in [0.2, 0.25) is 5.91 Å². The highest BCUT2D eigenvalue weighted by Gasteiger charge is 2.06. The molecule has 3 aromatic rings. The van der Waals surface area contributed by atoms with Gasteiger partial charge in [0.25, 0.3) is 0 Å². The molecule has 2 aromatic carbocycles. The van der Waals surface area contributed by atoms with E-state index >= 15 is 0 Å². The number of amides is 1. The Morgan fingerprint density at radius 3 is 2.21 bits per heavy atom. The lowest BCUT2D eigenvalue weighted by atomic mass is 10.0. The monoisotopic (exact) mass is 375 g/mol. The molecular formula is C23H25N3O2. The average molecular weight is 375 g/mol. The summed E-state index contributed by atoms with van der Waals surface area (Å²) in [6.45, 7) is 4.34. The van der Waals surface area contributed by atoms with Gasteiger partial charge in [-0.2, -0.15) is 0 Å². The van der Waals surface area contributed by atoms with Crippen molar-refractivity contribution < 1.29 is 9.53 Å². The molecule has 0 saturated carbocycles. The lowest BCUT2D eigenvalue weighted by molar-refractivity contribution is -0.115. The number of carbonyl (C=O) groups excluding carboxylic acids is 1. The van der Waals surface area contributed by atoms with Gasteiger partial charge in [-0.25, -0.2) is 4.98 Å². The summed E-state index contributed by atoms with van der Waals surface area (Å²) in [6, 6.07) is 19.5. The molecule has 0 radical (unpaired) electrons. The number of hydrogen-bond donors (Lipinski definition) is 2. The molecule has 1 amide bonds. The Morgan fingerprint density at radius 1 is 0.964 bits per heavy atom. The number of aromatic nitrogens is 1. The molecule has 0 aliphatic carbocycles. The van der Waals surface area contributed by atoms with Crippen molar-refractivity contribution in [3.8, 4) is 5.75 Å². The number of methoxy groups -OCH3 is 1. The van der Waals surface area contributed by atoms with E-state index in [1.165, 1.54) is 5.56 Å². The van der Waals surface area contributed by atoms with E-state index in [4.69, 9.17) is 4.74 Å². The van der Waals surface area contributed by atoms with Crippen molar-refractivity contribution in [2.45, 2.75) is 26.2 Å². The van der Waals surface area contributed by atoms with Crippen LogP contribution in [0.5, 0.6) is 5.75 Å². The molecule has 0 bridgehead atoms. The van der Waals surface area contributed by atoms with Crippen LogP contribution in [0.15, 0.2) is 66.9 Å². The molecule has 0 fully saturated rings. The van der Waals surface area contributed by atoms with Crippen LogP contribution in [0.25, 0.3) is 0 Å². The molecule has 0 aliphatic heterocycles. The fraction of sp³-hybridized carbons (Fsp3) is 0.217. The second-order valence-electron chi connectivity index (χ2n) is 6.91. The Labute approximate surface area is 165 Å². The summed E-state index contributed by atoms with van der Waals surface area (Å²) in [5.74, 6) is 1.92. The zero-order chi connectivity index (χ0) is 19.9. The number of pyridine rings is 1. The quantitative estimate of drug-likeness (QED) is 0.600.